The van der Waals surface area contributed by atoms with Crippen molar-refractivity contribution < 1.29 is 9.53 Å². The predicted octanol–water partition coefficient (Wildman–Crippen LogP) is 3.00. The first-order valence-corrected chi connectivity index (χ1v) is 10.7. The van der Waals surface area contributed by atoms with Crippen molar-refractivity contribution in [3.63, 3.8) is 0 Å². The lowest BCUT2D eigenvalue weighted by atomic mass is 9.85. The lowest BCUT2D eigenvalue weighted by Crippen LogP contribution is -2.44. The van der Waals surface area contributed by atoms with Crippen LogP contribution in [0.15, 0.2) is 12.4 Å². The molecule has 0 N–H and O–H groups in total. The predicted molar refractivity (Wildman–Crippen MR) is 106 cm³/mol. The standard InChI is InChI=1S/C21H36N4O2/c1-4-25-12-7-8-17(21(25)18-14-22-24(3)16-18)15-23(2)20(26)11-10-19-9-5-6-13-27-19/h14,16-17,19,21H,4-13,15H2,1-3H3/t17-,19?,21+/m0/s1. The maximum Gasteiger partial charge on any atom is 0.222 e. The summed E-state index contributed by atoms with van der Waals surface area (Å²) in [5.41, 5.74) is 1.28. The molecule has 0 spiro atoms. The number of likely N-dealkylation sites (tertiary alicyclic amines) is 1. The topological polar surface area (TPSA) is 50.6 Å². The van der Waals surface area contributed by atoms with Crippen molar-refractivity contribution in [3.05, 3.63) is 18.0 Å². The summed E-state index contributed by atoms with van der Waals surface area (Å²) in [6.45, 7) is 6.07. The number of aromatic nitrogens is 2. The van der Waals surface area contributed by atoms with Crippen LogP contribution in [0.4, 0.5) is 0 Å². The van der Waals surface area contributed by atoms with Crippen LogP contribution in [0.1, 0.15) is 63.5 Å². The average molecular weight is 377 g/mol. The Morgan fingerprint density at radius 1 is 1.33 bits per heavy atom. The summed E-state index contributed by atoms with van der Waals surface area (Å²) < 4.78 is 7.66. The Morgan fingerprint density at radius 3 is 2.85 bits per heavy atom. The van der Waals surface area contributed by atoms with E-state index in [-0.39, 0.29) is 12.0 Å². The number of carbonyl (C=O) groups excluding carboxylic acids is 1. The number of aryl methyl sites for hydroxylation is 1. The first-order valence-electron chi connectivity index (χ1n) is 10.7. The lowest BCUT2D eigenvalue weighted by Gasteiger charge is -2.42. The molecule has 3 atom stereocenters. The summed E-state index contributed by atoms with van der Waals surface area (Å²) in [6, 6.07) is 0.356. The first-order chi connectivity index (χ1) is 13.1. The van der Waals surface area contributed by atoms with Gasteiger partial charge in [0.25, 0.3) is 0 Å². The van der Waals surface area contributed by atoms with Gasteiger partial charge < -0.3 is 9.64 Å². The van der Waals surface area contributed by atoms with Crippen LogP contribution in [0.5, 0.6) is 0 Å². The molecule has 1 amide bonds. The Morgan fingerprint density at radius 2 is 2.19 bits per heavy atom. The maximum atomic E-state index is 12.7. The highest BCUT2D eigenvalue weighted by molar-refractivity contribution is 5.75. The molecule has 3 rings (SSSR count). The van der Waals surface area contributed by atoms with Crippen molar-refractivity contribution in [3.8, 4) is 0 Å². The van der Waals surface area contributed by atoms with Crippen LogP contribution < -0.4 is 0 Å². The molecule has 1 unspecified atom stereocenters. The summed E-state index contributed by atoms with van der Waals surface area (Å²) >= 11 is 0. The fourth-order valence-electron chi connectivity index (χ4n) is 4.74. The fraction of sp³-hybridized carbons (Fsp3) is 0.810. The molecule has 6 nitrogen and oxygen atoms in total. The Labute approximate surface area is 163 Å². The summed E-state index contributed by atoms with van der Waals surface area (Å²) in [5, 5.41) is 4.39. The highest BCUT2D eigenvalue weighted by Gasteiger charge is 2.34. The highest BCUT2D eigenvalue weighted by atomic mass is 16.5. The van der Waals surface area contributed by atoms with Crippen molar-refractivity contribution in [2.24, 2.45) is 13.0 Å². The number of rotatable bonds is 7. The molecular weight excluding hydrogens is 340 g/mol. The van der Waals surface area contributed by atoms with E-state index in [0.717, 1.165) is 45.5 Å². The summed E-state index contributed by atoms with van der Waals surface area (Å²) in [4.78, 5) is 17.2. The Balaban J connectivity index is 1.58. The van der Waals surface area contributed by atoms with E-state index in [9.17, 15) is 4.79 Å². The molecule has 2 saturated heterocycles. The summed E-state index contributed by atoms with van der Waals surface area (Å²) in [6.07, 6.45) is 11.7. The van der Waals surface area contributed by atoms with Gasteiger partial charge in [-0.1, -0.05) is 6.92 Å². The van der Waals surface area contributed by atoms with Gasteiger partial charge in [0.15, 0.2) is 0 Å². The molecule has 1 aromatic heterocycles. The van der Waals surface area contributed by atoms with Gasteiger partial charge in [-0.15, -0.1) is 0 Å². The first kappa shape index (κ1) is 20.3. The normalized spacial score (nSPS) is 26.9. The molecule has 0 aliphatic carbocycles. The Hall–Kier alpha value is -1.40. The molecule has 2 fully saturated rings. The highest BCUT2D eigenvalue weighted by Crippen LogP contribution is 2.36. The third-order valence-corrected chi connectivity index (χ3v) is 6.22. The van der Waals surface area contributed by atoms with Gasteiger partial charge in [-0.3, -0.25) is 14.4 Å². The van der Waals surface area contributed by atoms with Gasteiger partial charge in [0, 0.05) is 51.5 Å². The van der Waals surface area contributed by atoms with Gasteiger partial charge in [-0.2, -0.15) is 5.10 Å². The van der Waals surface area contributed by atoms with E-state index in [1.165, 1.54) is 24.8 Å². The van der Waals surface area contributed by atoms with E-state index in [4.69, 9.17) is 4.74 Å². The number of piperidine rings is 1. The van der Waals surface area contributed by atoms with Crippen LogP contribution in [-0.4, -0.2) is 64.9 Å². The van der Waals surface area contributed by atoms with Crippen LogP contribution in [-0.2, 0) is 16.6 Å². The van der Waals surface area contributed by atoms with Crippen molar-refractivity contribution in [2.75, 3.05) is 33.3 Å². The molecule has 3 heterocycles. The van der Waals surface area contributed by atoms with Crippen LogP contribution in [0.3, 0.4) is 0 Å². The molecule has 0 saturated carbocycles. The monoisotopic (exact) mass is 376 g/mol. The SMILES string of the molecule is CCN1CCC[C@@H](CN(C)C(=O)CCC2CCCCO2)[C@@H]1c1cnn(C)c1. The second-order valence-electron chi connectivity index (χ2n) is 8.22. The Kier molecular flexibility index (Phi) is 7.30. The zero-order valence-corrected chi connectivity index (χ0v) is 17.3. The van der Waals surface area contributed by atoms with Gasteiger partial charge in [0.2, 0.25) is 5.91 Å². The number of hydrogen-bond donors (Lipinski definition) is 0. The smallest absolute Gasteiger partial charge is 0.222 e. The minimum Gasteiger partial charge on any atom is -0.378 e. The molecule has 1 aromatic rings. The van der Waals surface area contributed by atoms with Crippen LogP contribution >= 0.6 is 0 Å². The van der Waals surface area contributed by atoms with Crippen molar-refractivity contribution >= 4 is 5.91 Å². The van der Waals surface area contributed by atoms with Crippen LogP contribution in [0.25, 0.3) is 0 Å². The Bertz CT molecular complexity index is 597. The number of ether oxygens (including phenoxy) is 1. The van der Waals surface area contributed by atoms with Gasteiger partial charge >= 0.3 is 0 Å². The second kappa shape index (κ2) is 9.69. The minimum absolute atomic E-state index is 0.253. The van der Waals surface area contributed by atoms with E-state index < -0.39 is 0 Å². The summed E-state index contributed by atoms with van der Waals surface area (Å²) in [7, 11) is 3.94. The third-order valence-electron chi connectivity index (χ3n) is 6.22. The molecule has 2 aliphatic rings. The maximum absolute atomic E-state index is 12.7. The number of carbonyl (C=O) groups is 1. The van der Waals surface area contributed by atoms with E-state index in [1.807, 2.05) is 29.9 Å². The number of amides is 1. The lowest BCUT2D eigenvalue weighted by molar-refractivity contribution is -0.132. The van der Waals surface area contributed by atoms with E-state index in [0.29, 0.717) is 18.4 Å². The molecule has 27 heavy (non-hydrogen) atoms. The van der Waals surface area contributed by atoms with Gasteiger partial charge in [0.05, 0.1) is 12.3 Å². The summed E-state index contributed by atoms with van der Waals surface area (Å²) in [5.74, 6) is 0.713. The molecular formula is C21H36N4O2. The zero-order valence-electron chi connectivity index (χ0n) is 17.3. The number of nitrogens with zero attached hydrogens (tertiary/aromatic N) is 4. The van der Waals surface area contributed by atoms with Gasteiger partial charge in [-0.25, -0.2) is 0 Å². The quantitative estimate of drug-likeness (QED) is 0.734. The molecule has 6 heteroatoms. The number of hydrogen-bond acceptors (Lipinski definition) is 4. The molecule has 152 valence electrons. The van der Waals surface area contributed by atoms with Crippen LogP contribution in [0.2, 0.25) is 0 Å². The van der Waals surface area contributed by atoms with Crippen molar-refractivity contribution in [1.82, 2.24) is 19.6 Å². The van der Waals surface area contributed by atoms with Crippen molar-refractivity contribution in [2.45, 2.75) is 64.0 Å². The minimum atomic E-state index is 0.253. The largest absolute Gasteiger partial charge is 0.378 e. The van der Waals surface area contributed by atoms with E-state index in [1.54, 1.807) is 0 Å². The average Bonchev–Trinajstić information content (AvgIpc) is 3.12. The van der Waals surface area contributed by atoms with Gasteiger partial charge in [0.1, 0.15) is 0 Å². The molecule has 2 aliphatic heterocycles. The van der Waals surface area contributed by atoms with E-state index in [2.05, 4.69) is 23.1 Å². The van der Waals surface area contributed by atoms with E-state index >= 15 is 0 Å². The molecule has 0 aromatic carbocycles. The van der Waals surface area contributed by atoms with Gasteiger partial charge in [-0.05, 0) is 57.5 Å². The fourth-order valence-corrected chi connectivity index (χ4v) is 4.74. The zero-order chi connectivity index (χ0) is 19.2. The molecule has 0 radical (unpaired) electrons. The molecule has 0 bridgehead atoms. The third kappa shape index (κ3) is 5.32. The van der Waals surface area contributed by atoms with Crippen molar-refractivity contribution in [1.29, 1.82) is 0 Å². The van der Waals surface area contributed by atoms with Crippen LogP contribution in [0, 0.1) is 5.92 Å². The second-order valence-corrected chi connectivity index (χ2v) is 8.22.